The van der Waals surface area contributed by atoms with Crippen molar-refractivity contribution in [2.75, 3.05) is 0 Å². The number of ether oxygens (including phenoxy) is 1. The maximum Gasteiger partial charge on any atom is 0.407 e. The summed E-state index contributed by atoms with van der Waals surface area (Å²) in [6.45, 7) is 15.3. The molecule has 6 N–H and O–H groups in total. The van der Waals surface area contributed by atoms with Crippen molar-refractivity contribution >= 4 is 17.8 Å². The second-order valence-electron chi connectivity index (χ2n) is 12.7. The number of nitrogens with one attached hydrogen (secondary N) is 1. The van der Waals surface area contributed by atoms with E-state index in [4.69, 9.17) is 15.6 Å². The Morgan fingerprint density at radius 2 is 1.41 bits per heavy atom. The van der Waals surface area contributed by atoms with Crippen LogP contribution in [0.5, 0.6) is 0 Å². The lowest BCUT2D eigenvalue weighted by Gasteiger charge is -2.27. The van der Waals surface area contributed by atoms with Gasteiger partial charge in [0.05, 0.1) is 24.7 Å². The first-order valence-electron chi connectivity index (χ1n) is 14.3. The monoisotopic (exact) mass is 582 g/mol. The van der Waals surface area contributed by atoms with E-state index < -0.39 is 42.3 Å². The smallest absolute Gasteiger partial charge is 0.407 e. The van der Waals surface area contributed by atoms with Gasteiger partial charge in [-0.1, -0.05) is 72.4 Å². The normalized spacial score (nSPS) is 15.0. The zero-order valence-corrected chi connectivity index (χ0v) is 25.7. The topological polar surface area (TPSA) is 159 Å². The summed E-state index contributed by atoms with van der Waals surface area (Å²) >= 11 is 0. The van der Waals surface area contributed by atoms with Gasteiger partial charge in [-0.15, -0.1) is 0 Å². The summed E-state index contributed by atoms with van der Waals surface area (Å²) in [5, 5.41) is 31.0. The van der Waals surface area contributed by atoms with Gasteiger partial charge in [0, 0.05) is 18.9 Å². The molecule has 1 amide bonds. The number of aliphatic carboxylic acids is 1. The van der Waals surface area contributed by atoms with Crippen molar-refractivity contribution < 1.29 is 34.4 Å². The minimum atomic E-state index is -1.13. The van der Waals surface area contributed by atoms with E-state index in [0.717, 1.165) is 12.8 Å². The molecule has 0 saturated carbocycles. The summed E-state index contributed by atoms with van der Waals surface area (Å²) in [6.07, 6.45) is -0.123. The number of carbonyl (C=O) groups excluding carboxylic acids is 2. The molecule has 1 aromatic carbocycles. The van der Waals surface area contributed by atoms with Crippen LogP contribution in [0.15, 0.2) is 30.3 Å². The number of carboxylic acids is 1. The number of Topliss-reactive ketones (excluding diaryl/α,β-unsaturated/α-hetero) is 1. The van der Waals surface area contributed by atoms with Crippen LogP contribution in [0.1, 0.15) is 100 Å². The van der Waals surface area contributed by atoms with E-state index in [1.54, 1.807) is 20.8 Å². The highest BCUT2D eigenvalue weighted by Crippen LogP contribution is 2.16. The third-order valence-electron chi connectivity index (χ3n) is 5.95. The number of ketones is 1. The van der Waals surface area contributed by atoms with E-state index in [-0.39, 0.29) is 37.5 Å². The molecule has 238 valence electrons. The first-order chi connectivity index (χ1) is 18.4. The van der Waals surface area contributed by atoms with E-state index in [0.29, 0.717) is 18.8 Å². The number of rotatable bonds is 15. The molecular formula is C32H58N2O7. The van der Waals surface area contributed by atoms with Crippen molar-refractivity contribution in [3.8, 4) is 0 Å². The van der Waals surface area contributed by atoms with E-state index in [1.807, 2.05) is 32.0 Å². The molecule has 0 heterocycles. The van der Waals surface area contributed by atoms with Crippen molar-refractivity contribution in [1.29, 1.82) is 0 Å². The lowest BCUT2D eigenvalue weighted by atomic mass is 9.92. The highest BCUT2D eigenvalue weighted by molar-refractivity contribution is 5.79. The highest BCUT2D eigenvalue weighted by atomic mass is 16.6. The summed E-state index contributed by atoms with van der Waals surface area (Å²) in [6, 6.07) is 9.23. The number of aliphatic hydroxyl groups is 2. The Morgan fingerprint density at radius 3 is 1.88 bits per heavy atom. The Balaban J connectivity index is 0. The zero-order valence-electron chi connectivity index (χ0n) is 25.7. The van der Waals surface area contributed by atoms with Crippen LogP contribution in [0.4, 0.5) is 4.79 Å². The maximum atomic E-state index is 12.0. The molecule has 0 bridgehead atoms. The van der Waals surface area contributed by atoms with Crippen molar-refractivity contribution in [1.82, 2.24) is 5.32 Å². The van der Waals surface area contributed by atoms with Crippen LogP contribution in [-0.2, 0) is 20.7 Å². The number of alkyl carbamates (subject to hydrolysis) is 1. The lowest BCUT2D eigenvalue weighted by molar-refractivity contribution is -0.139. The van der Waals surface area contributed by atoms with Crippen LogP contribution in [0.3, 0.4) is 0 Å². The first kappa shape index (κ1) is 40.6. The standard InChI is InChI=1S/C18H29NO2.C13H25NO5.CH4/c1-13(2)9-17(19)18(21)12-16(20)11-14(3)10-15-7-5-4-6-8-15;1-8(2)6-9(10(15)7-11(16)17)14-12(18)19-13(3,4)5;/h4-8,13-14,17-18,21H,9-12,19H2,1-3H3;8-10,15H,6-7H2,1-5H3,(H,14,18)(H,16,17);1H4/t14?,17-,18-;9-,10-;/m00./s1. The zero-order chi connectivity index (χ0) is 31.0. The Kier molecular flexibility index (Phi) is 20.2. The molecule has 5 atom stereocenters. The summed E-state index contributed by atoms with van der Waals surface area (Å²) in [5.41, 5.74) is 6.53. The van der Waals surface area contributed by atoms with Crippen LogP contribution in [0, 0.1) is 17.8 Å². The molecule has 9 nitrogen and oxygen atoms in total. The van der Waals surface area contributed by atoms with Crippen LogP contribution < -0.4 is 11.1 Å². The number of carbonyl (C=O) groups is 3. The van der Waals surface area contributed by atoms with Gasteiger partial charge in [-0.05, 0) is 63.4 Å². The third kappa shape index (κ3) is 21.9. The largest absolute Gasteiger partial charge is 0.481 e. The Hall–Kier alpha value is -2.49. The average Bonchev–Trinajstić information content (AvgIpc) is 2.77. The molecule has 0 saturated heterocycles. The van der Waals surface area contributed by atoms with Gasteiger partial charge in [0.1, 0.15) is 11.4 Å². The van der Waals surface area contributed by atoms with Gasteiger partial charge in [0.2, 0.25) is 0 Å². The van der Waals surface area contributed by atoms with Gasteiger partial charge in [-0.3, -0.25) is 9.59 Å². The molecule has 1 unspecified atom stereocenters. The third-order valence-corrected chi connectivity index (χ3v) is 5.95. The van der Waals surface area contributed by atoms with E-state index in [2.05, 4.69) is 38.2 Å². The van der Waals surface area contributed by atoms with Gasteiger partial charge in [-0.25, -0.2) is 4.79 Å². The molecule has 1 aromatic rings. The molecule has 0 fully saturated rings. The SMILES string of the molecule is C.CC(C)C[C@H](N)[C@@H](O)CC(=O)CC(C)Cc1ccccc1.CC(C)C[C@H](NC(=O)OC(C)(C)C)[C@@H](O)CC(=O)O. The molecule has 0 aromatic heterocycles. The van der Waals surface area contributed by atoms with E-state index in [1.165, 1.54) is 5.56 Å². The van der Waals surface area contributed by atoms with Crippen molar-refractivity contribution in [2.45, 2.75) is 131 Å². The van der Waals surface area contributed by atoms with Gasteiger partial charge in [0.15, 0.2) is 0 Å². The van der Waals surface area contributed by atoms with Crippen molar-refractivity contribution in [2.24, 2.45) is 23.5 Å². The molecule has 0 aliphatic carbocycles. The van der Waals surface area contributed by atoms with Gasteiger partial charge in [-0.2, -0.15) is 0 Å². The van der Waals surface area contributed by atoms with Crippen LogP contribution >= 0.6 is 0 Å². The minimum absolute atomic E-state index is 0. The number of hydrogen-bond donors (Lipinski definition) is 5. The van der Waals surface area contributed by atoms with Gasteiger partial charge >= 0.3 is 12.1 Å². The quantitative estimate of drug-likeness (QED) is 0.185. The number of amides is 1. The molecular weight excluding hydrogens is 524 g/mol. The second kappa shape index (κ2) is 20.4. The number of hydrogen-bond acceptors (Lipinski definition) is 7. The lowest BCUT2D eigenvalue weighted by Crippen LogP contribution is -2.46. The summed E-state index contributed by atoms with van der Waals surface area (Å²) in [7, 11) is 0. The Morgan fingerprint density at radius 1 is 0.878 bits per heavy atom. The van der Waals surface area contributed by atoms with Gasteiger partial charge < -0.3 is 31.1 Å². The van der Waals surface area contributed by atoms with Crippen LogP contribution in [0.2, 0.25) is 0 Å². The fraction of sp³-hybridized carbons (Fsp3) is 0.719. The van der Waals surface area contributed by atoms with E-state index in [9.17, 15) is 24.6 Å². The summed E-state index contributed by atoms with van der Waals surface area (Å²) in [5.74, 6) is -0.0732. The average molecular weight is 583 g/mol. The fourth-order valence-electron chi connectivity index (χ4n) is 4.25. The van der Waals surface area contributed by atoms with Gasteiger partial charge in [0.25, 0.3) is 0 Å². The second-order valence-corrected chi connectivity index (χ2v) is 12.7. The minimum Gasteiger partial charge on any atom is -0.481 e. The highest BCUT2D eigenvalue weighted by Gasteiger charge is 2.27. The van der Waals surface area contributed by atoms with Crippen LogP contribution in [-0.4, -0.2) is 63.1 Å². The molecule has 0 radical (unpaired) electrons. The number of benzene rings is 1. The number of carboxylic acid groups (broad SMARTS) is 1. The fourth-order valence-corrected chi connectivity index (χ4v) is 4.25. The van der Waals surface area contributed by atoms with E-state index >= 15 is 0 Å². The molecule has 0 aliphatic rings. The molecule has 9 heteroatoms. The first-order valence-corrected chi connectivity index (χ1v) is 14.3. The van der Waals surface area contributed by atoms with Crippen molar-refractivity contribution in [3.05, 3.63) is 35.9 Å². The van der Waals surface area contributed by atoms with Crippen molar-refractivity contribution in [3.63, 3.8) is 0 Å². The Bertz CT molecular complexity index is 869. The van der Waals surface area contributed by atoms with Crippen LogP contribution in [0.25, 0.3) is 0 Å². The predicted octanol–water partition coefficient (Wildman–Crippen LogP) is 5.35. The summed E-state index contributed by atoms with van der Waals surface area (Å²) < 4.78 is 5.10. The molecule has 0 spiro atoms. The Labute approximate surface area is 248 Å². The molecule has 0 aliphatic heterocycles. The summed E-state index contributed by atoms with van der Waals surface area (Å²) in [4.78, 5) is 34.3. The predicted molar refractivity (Wildman–Crippen MR) is 165 cm³/mol. The molecule has 41 heavy (non-hydrogen) atoms. The maximum absolute atomic E-state index is 12.0. The number of nitrogens with two attached hydrogens (primary N) is 1. The number of aliphatic hydroxyl groups excluding tert-OH is 2. The molecule has 1 rings (SSSR count).